The van der Waals surface area contributed by atoms with Crippen molar-refractivity contribution in [2.45, 2.75) is 12.6 Å². The molecule has 66 valence electrons. The van der Waals surface area contributed by atoms with E-state index in [0.717, 1.165) is 0 Å². The minimum absolute atomic E-state index is 0. The van der Waals surface area contributed by atoms with E-state index in [9.17, 15) is 0 Å². The van der Waals surface area contributed by atoms with Crippen LogP contribution < -0.4 is 5.73 Å². The Morgan fingerprint density at radius 1 is 1.33 bits per heavy atom. The van der Waals surface area contributed by atoms with Gasteiger partial charge in [-0.1, -0.05) is 24.3 Å². The lowest BCUT2D eigenvalue weighted by molar-refractivity contribution is 0.0924. The molecule has 1 aromatic rings. The fraction of sp³-hybridized carbons (Fsp3) is 0.333. The maximum absolute atomic E-state index is 5.82. The first-order valence-electron chi connectivity index (χ1n) is 3.79. The zero-order valence-corrected chi connectivity index (χ0v) is 7.51. The van der Waals surface area contributed by atoms with Crippen LogP contribution in [0.3, 0.4) is 0 Å². The summed E-state index contributed by atoms with van der Waals surface area (Å²) in [4.78, 5) is 0. The van der Waals surface area contributed by atoms with Crippen LogP contribution in [0.1, 0.15) is 17.2 Å². The molecule has 0 saturated carbocycles. The van der Waals surface area contributed by atoms with Crippen molar-refractivity contribution in [3.8, 4) is 0 Å². The molecule has 2 nitrogen and oxygen atoms in total. The van der Waals surface area contributed by atoms with Crippen LogP contribution in [0.4, 0.5) is 0 Å². The highest BCUT2D eigenvalue weighted by atomic mass is 35.5. The third kappa shape index (κ3) is 1.61. The minimum atomic E-state index is 0. The number of fused-ring (bicyclic) bond motifs is 1. The van der Waals surface area contributed by atoms with Gasteiger partial charge in [0.15, 0.2) is 0 Å². The van der Waals surface area contributed by atoms with Gasteiger partial charge in [0.2, 0.25) is 0 Å². The molecule has 0 fully saturated rings. The molecule has 1 atom stereocenters. The van der Waals surface area contributed by atoms with Crippen LogP contribution in [0.25, 0.3) is 0 Å². The molecular formula is C9H12ClNO. The Kier molecular flexibility index (Phi) is 3.09. The number of nitrogens with two attached hydrogens (primary N) is 1. The predicted molar refractivity (Wildman–Crippen MR) is 50.3 cm³/mol. The zero-order chi connectivity index (χ0) is 7.68. The van der Waals surface area contributed by atoms with Gasteiger partial charge in [-0.25, -0.2) is 0 Å². The number of benzene rings is 1. The second-order valence-corrected chi connectivity index (χ2v) is 2.82. The number of rotatable bonds is 0. The van der Waals surface area contributed by atoms with E-state index in [1.165, 1.54) is 11.1 Å². The topological polar surface area (TPSA) is 35.2 Å². The molecule has 0 saturated heterocycles. The Morgan fingerprint density at radius 2 is 2.08 bits per heavy atom. The Balaban J connectivity index is 0.000000720. The molecule has 1 aliphatic rings. The molecule has 2 rings (SSSR count). The van der Waals surface area contributed by atoms with Crippen molar-refractivity contribution in [2.24, 2.45) is 5.73 Å². The zero-order valence-electron chi connectivity index (χ0n) is 6.69. The second-order valence-electron chi connectivity index (χ2n) is 2.82. The van der Waals surface area contributed by atoms with Crippen LogP contribution in [-0.2, 0) is 11.3 Å². The highest BCUT2D eigenvalue weighted by Gasteiger charge is 2.15. The minimum Gasteiger partial charge on any atom is -0.375 e. The summed E-state index contributed by atoms with van der Waals surface area (Å²) in [5.41, 5.74) is 8.28. The van der Waals surface area contributed by atoms with E-state index in [1.807, 2.05) is 12.1 Å². The molecule has 0 aliphatic carbocycles. The van der Waals surface area contributed by atoms with Crippen LogP contribution in [0, 0.1) is 0 Å². The van der Waals surface area contributed by atoms with E-state index in [2.05, 4.69) is 12.1 Å². The molecule has 1 heterocycles. The molecule has 2 N–H and O–H groups in total. The number of hydrogen-bond acceptors (Lipinski definition) is 2. The van der Waals surface area contributed by atoms with Crippen molar-refractivity contribution in [1.82, 2.24) is 0 Å². The summed E-state index contributed by atoms with van der Waals surface area (Å²) in [7, 11) is 0. The van der Waals surface area contributed by atoms with Gasteiger partial charge in [0.25, 0.3) is 0 Å². The van der Waals surface area contributed by atoms with E-state index in [-0.39, 0.29) is 18.4 Å². The molecule has 1 aromatic carbocycles. The fourth-order valence-electron chi connectivity index (χ4n) is 1.41. The smallest absolute Gasteiger partial charge is 0.0721 e. The van der Waals surface area contributed by atoms with Crippen LogP contribution in [0.5, 0.6) is 0 Å². The quantitative estimate of drug-likeness (QED) is 0.667. The monoisotopic (exact) mass is 185 g/mol. The second kappa shape index (κ2) is 3.90. The Hall–Kier alpha value is -0.570. The Bertz CT molecular complexity index is 264. The third-order valence-corrected chi connectivity index (χ3v) is 2.01. The number of halogens is 1. The van der Waals surface area contributed by atoms with Crippen LogP contribution in [0.2, 0.25) is 0 Å². The van der Waals surface area contributed by atoms with E-state index >= 15 is 0 Å². The van der Waals surface area contributed by atoms with Gasteiger partial charge < -0.3 is 10.5 Å². The summed E-state index contributed by atoms with van der Waals surface area (Å²) in [6.07, 6.45) is 0. The molecule has 0 bridgehead atoms. The van der Waals surface area contributed by atoms with Gasteiger partial charge in [0, 0.05) is 0 Å². The first-order chi connectivity index (χ1) is 5.38. The normalized spacial score (nSPS) is 20.9. The van der Waals surface area contributed by atoms with E-state index in [0.29, 0.717) is 13.2 Å². The van der Waals surface area contributed by atoms with Gasteiger partial charge >= 0.3 is 0 Å². The largest absolute Gasteiger partial charge is 0.375 e. The Labute approximate surface area is 78.1 Å². The maximum Gasteiger partial charge on any atom is 0.0721 e. The van der Waals surface area contributed by atoms with Crippen LogP contribution >= 0.6 is 12.4 Å². The SMILES string of the molecule is Cl.N[C@H]1COCc2ccccc21. The van der Waals surface area contributed by atoms with Gasteiger partial charge in [-0.2, -0.15) is 0 Å². The lowest BCUT2D eigenvalue weighted by atomic mass is 10.0. The van der Waals surface area contributed by atoms with E-state index in [4.69, 9.17) is 10.5 Å². The molecular weight excluding hydrogens is 174 g/mol. The molecule has 0 aromatic heterocycles. The molecule has 0 amide bonds. The molecule has 12 heavy (non-hydrogen) atoms. The molecule has 0 unspecified atom stereocenters. The molecule has 3 heteroatoms. The predicted octanol–water partition coefficient (Wildman–Crippen LogP) is 1.64. The third-order valence-electron chi connectivity index (χ3n) is 2.01. The molecule has 0 spiro atoms. The lowest BCUT2D eigenvalue weighted by Gasteiger charge is -2.21. The van der Waals surface area contributed by atoms with Crippen molar-refractivity contribution in [3.05, 3.63) is 35.4 Å². The summed E-state index contributed by atoms with van der Waals surface area (Å²) >= 11 is 0. The standard InChI is InChI=1S/C9H11NO.ClH/c10-9-6-11-5-7-3-1-2-4-8(7)9;/h1-4,9H,5-6,10H2;1H/t9-;/m0./s1. The van der Waals surface area contributed by atoms with Gasteiger partial charge in [0.1, 0.15) is 0 Å². The lowest BCUT2D eigenvalue weighted by Crippen LogP contribution is -2.23. The van der Waals surface area contributed by atoms with Crippen molar-refractivity contribution in [1.29, 1.82) is 0 Å². The van der Waals surface area contributed by atoms with Crippen molar-refractivity contribution >= 4 is 12.4 Å². The van der Waals surface area contributed by atoms with Crippen LogP contribution in [0.15, 0.2) is 24.3 Å². The van der Waals surface area contributed by atoms with Crippen molar-refractivity contribution < 1.29 is 4.74 Å². The summed E-state index contributed by atoms with van der Waals surface area (Å²) < 4.78 is 5.28. The summed E-state index contributed by atoms with van der Waals surface area (Å²) in [6.45, 7) is 1.36. The molecule has 1 aliphatic heterocycles. The molecule has 0 radical (unpaired) electrons. The summed E-state index contributed by atoms with van der Waals surface area (Å²) in [5.74, 6) is 0. The van der Waals surface area contributed by atoms with Crippen molar-refractivity contribution in [3.63, 3.8) is 0 Å². The van der Waals surface area contributed by atoms with Crippen molar-refractivity contribution in [2.75, 3.05) is 6.61 Å². The number of ether oxygens (including phenoxy) is 1. The fourth-order valence-corrected chi connectivity index (χ4v) is 1.41. The van der Waals surface area contributed by atoms with Gasteiger partial charge in [-0.15, -0.1) is 12.4 Å². The van der Waals surface area contributed by atoms with E-state index in [1.54, 1.807) is 0 Å². The average molecular weight is 186 g/mol. The van der Waals surface area contributed by atoms with Gasteiger partial charge in [0.05, 0.1) is 19.3 Å². The average Bonchev–Trinajstić information content (AvgIpc) is 2.06. The first kappa shape index (κ1) is 9.52. The number of hydrogen-bond donors (Lipinski definition) is 1. The summed E-state index contributed by atoms with van der Waals surface area (Å²) in [5, 5.41) is 0. The van der Waals surface area contributed by atoms with Gasteiger partial charge in [-0.3, -0.25) is 0 Å². The highest BCUT2D eigenvalue weighted by Crippen LogP contribution is 2.21. The summed E-state index contributed by atoms with van der Waals surface area (Å²) in [6, 6.07) is 8.24. The van der Waals surface area contributed by atoms with Gasteiger partial charge in [-0.05, 0) is 11.1 Å². The maximum atomic E-state index is 5.82. The van der Waals surface area contributed by atoms with Crippen LogP contribution in [-0.4, -0.2) is 6.61 Å². The first-order valence-corrected chi connectivity index (χ1v) is 3.79. The van der Waals surface area contributed by atoms with E-state index < -0.39 is 0 Å². The highest BCUT2D eigenvalue weighted by molar-refractivity contribution is 5.85. The Morgan fingerprint density at radius 3 is 2.83 bits per heavy atom.